The van der Waals surface area contributed by atoms with Crippen LogP contribution < -0.4 is 20.7 Å². The van der Waals surface area contributed by atoms with Crippen molar-refractivity contribution in [1.29, 1.82) is 0 Å². The Morgan fingerprint density at radius 2 is 2.00 bits per heavy atom. The van der Waals surface area contributed by atoms with Gasteiger partial charge in [-0.15, -0.1) is 24.0 Å². The average Bonchev–Trinajstić information content (AvgIpc) is 2.72. The number of anilines is 1. The first-order valence-corrected chi connectivity index (χ1v) is 9.81. The molecule has 0 saturated carbocycles. The molecule has 0 bridgehead atoms. The third-order valence-electron chi connectivity index (χ3n) is 4.60. The fraction of sp³-hybridized carbons (Fsp3) is 0.364. The molecule has 2 aromatic rings. The van der Waals surface area contributed by atoms with Gasteiger partial charge >= 0.3 is 0 Å². The molecule has 0 spiro atoms. The Kier molecular flexibility index (Phi) is 9.24. The Balaban J connectivity index is 0.00000300. The first-order valence-electron chi connectivity index (χ1n) is 9.81. The van der Waals surface area contributed by atoms with E-state index in [-0.39, 0.29) is 35.9 Å². The molecule has 1 aliphatic heterocycles. The maximum Gasteiger partial charge on any atom is 0.224 e. The molecule has 0 fully saturated rings. The summed E-state index contributed by atoms with van der Waals surface area (Å²) in [6, 6.07) is 16.2. The van der Waals surface area contributed by atoms with E-state index in [1.165, 1.54) is 5.56 Å². The average molecular weight is 508 g/mol. The minimum absolute atomic E-state index is 0. The van der Waals surface area contributed by atoms with E-state index in [0.29, 0.717) is 19.6 Å². The third kappa shape index (κ3) is 6.92. The maximum absolute atomic E-state index is 11.4. The van der Waals surface area contributed by atoms with Crippen LogP contribution in [0.25, 0.3) is 0 Å². The summed E-state index contributed by atoms with van der Waals surface area (Å²) in [4.78, 5) is 16.0. The van der Waals surface area contributed by atoms with Gasteiger partial charge in [-0.25, -0.2) is 4.99 Å². The number of nitrogens with one attached hydrogen (secondary N) is 3. The second-order valence-electron chi connectivity index (χ2n) is 6.75. The lowest BCUT2D eigenvalue weighted by Crippen LogP contribution is -2.39. The van der Waals surface area contributed by atoms with Gasteiger partial charge in [-0.3, -0.25) is 4.79 Å². The van der Waals surface area contributed by atoms with E-state index in [9.17, 15) is 4.79 Å². The largest absolute Gasteiger partial charge is 0.492 e. The minimum atomic E-state index is 0. The molecule has 3 rings (SSSR count). The molecule has 1 aliphatic rings. The van der Waals surface area contributed by atoms with Gasteiger partial charge in [0.15, 0.2) is 5.96 Å². The first-order chi connectivity index (χ1) is 13.7. The van der Waals surface area contributed by atoms with E-state index < -0.39 is 0 Å². The van der Waals surface area contributed by atoms with Crippen LogP contribution in [0, 0.1) is 0 Å². The Bertz CT molecular complexity index is 827. The van der Waals surface area contributed by atoms with E-state index in [4.69, 9.17) is 4.74 Å². The number of aliphatic imine (C=N–C) groups is 1. The number of amides is 1. The van der Waals surface area contributed by atoms with Gasteiger partial charge in [0.1, 0.15) is 12.4 Å². The van der Waals surface area contributed by atoms with Crippen LogP contribution in [0.2, 0.25) is 0 Å². The van der Waals surface area contributed by atoms with Crippen molar-refractivity contribution in [3.05, 3.63) is 59.7 Å². The molecular weight excluding hydrogens is 479 g/mol. The highest BCUT2D eigenvalue weighted by atomic mass is 127. The molecule has 1 unspecified atom stereocenters. The number of fused-ring (bicyclic) bond motifs is 1. The van der Waals surface area contributed by atoms with E-state index in [1.807, 2.05) is 43.3 Å². The van der Waals surface area contributed by atoms with Crippen molar-refractivity contribution in [3.8, 4) is 5.75 Å². The van der Waals surface area contributed by atoms with Gasteiger partial charge in [-0.05, 0) is 49.6 Å². The van der Waals surface area contributed by atoms with Gasteiger partial charge in [0.25, 0.3) is 0 Å². The summed E-state index contributed by atoms with van der Waals surface area (Å²) in [5.74, 6) is 1.65. The van der Waals surface area contributed by atoms with Crippen LogP contribution in [-0.4, -0.2) is 31.6 Å². The first kappa shape index (κ1) is 23.0. The van der Waals surface area contributed by atoms with Crippen molar-refractivity contribution in [2.75, 3.05) is 25.0 Å². The zero-order valence-electron chi connectivity index (χ0n) is 16.9. The lowest BCUT2D eigenvalue weighted by molar-refractivity contribution is -0.116. The molecule has 1 amide bonds. The summed E-state index contributed by atoms with van der Waals surface area (Å²) < 4.78 is 5.84. The summed E-state index contributed by atoms with van der Waals surface area (Å²) in [5.41, 5.74) is 3.22. The van der Waals surface area contributed by atoms with Gasteiger partial charge in [0.2, 0.25) is 5.91 Å². The quantitative estimate of drug-likeness (QED) is 0.230. The Hall–Kier alpha value is -2.29. The van der Waals surface area contributed by atoms with Crippen molar-refractivity contribution in [2.45, 2.75) is 32.7 Å². The number of carbonyl (C=O) groups excluding carboxylic acids is 1. The number of benzene rings is 2. The van der Waals surface area contributed by atoms with E-state index >= 15 is 0 Å². The smallest absolute Gasteiger partial charge is 0.224 e. The summed E-state index contributed by atoms with van der Waals surface area (Å²) in [5, 5.41) is 9.57. The van der Waals surface area contributed by atoms with E-state index in [1.54, 1.807) is 0 Å². The number of guanidine groups is 1. The number of aryl methyl sites for hydroxylation is 1. The van der Waals surface area contributed by atoms with Crippen LogP contribution in [-0.2, 0) is 11.2 Å². The highest BCUT2D eigenvalue weighted by Gasteiger charge is 2.15. The number of halogens is 1. The third-order valence-corrected chi connectivity index (χ3v) is 4.60. The molecule has 6 nitrogen and oxygen atoms in total. The Morgan fingerprint density at radius 3 is 2.76 bits per heavy atom. The molecule has 2 aromatic carbocycles. The number of hydrogen-bond acceptors (Lipinski definition) is 3. The molecule has 0 aromatic heterocycles. The van der Waals surface area contributed by atoms with Crippen molar-refractivity contribution >= 4 is 41.5 Å². The highest BCUT2D eigenvalue weighted by Crippen LogP contribution is 2.26. The van der Waals surface area contributed by atoms with Crippen LogP contribution in [0.15, 0.2) is 53.5 Å². The Labute approximate surface area is 189 Å². The van der Waals surface area contributed by atoms with Gasteiger partial charge in [0, 0.05) is 18.7 Å². The van der Waals surface area contributed by atoms with Crippen LogP contribution in [0.1, 0.15) is 37.4 Å². The maximum atomic E-state index is 11.4. The van der Waals surface area contributed by atoms with Crippen LogP contribution in [0.5, 0.6) is 5.75 Å². The predicted octanol–water partition coefficient (Wildman–Crippen LogP) is 3.88. The topological polar surface area (TPSA) is 74.8 Å². The fourth-order valence-corrected chi connectivity index (χ4v) is 3.12. The summed E-state index contributed by atoms with van der Waals surface area (Å²) in [6.07, 6.45) is 1.28. The van der Waals surface area contributed by atoms with Crippen LogP contribution in [0.3, 0.4) is 0 Å². The highest BCUT2D eigenvalue weighted by molar-refractivity contribution is 14.0. The fourth-order valence-electron chi connectivity index (χ4n) is 3.12. The standard InChI is InChI=1S/C22H28N4O2.HI/c1-3-23-22(25-16(2)17-7-5-4-6-8-17)24-13-14-28-19-10-11-20-18(15-19)9-12-21(27)26-20;/h4-8,10-11,15-16H,3,9,12-14H2,1-2H3,(H,26,27)(H2,23,24,25);1H. The molecule has 1 atom stereocenters. The molecule has 1 heterocycles. The van der Waals surface area contributed by atoms with Crippen molar-refractivity contribution in [2.24, 2.45) is 4.99 Å². The normalized spacial score (nSPS) is 14.1. The zero-order valence-corrected chi connectivity index (χ0v) is 19.2. The summed E-state index contributed by atoms with van der Waals surface area (Å²) in [7, 11) is 0. The number of rotatable bonds is 7. The number of carbonyl (C=O) groups is 1. The van der Waals surface area contributed by atoms with Gasteiger partial charge in [-0.1, -0.05) is 30.3 Å². The van der Waals surface area contributed by atoms with Crippen LogP contribution >= 0.6 is 24.0 Å². The van der Waals surface area contributed by atoms with Crippen molar-refractivity contribution in [1.82, 2.24) is 10.6 Å². The number of nitrogens with zero attached hydrogens (tertiary/aromatic N) is 1. The SMILES string of the molecule is CCNC(=NCCOc1ccc2c(c1)CCC(=O)N2)NC(C)c1ccccc1.I. The monoisotopic (exact) mass is 508 g/mol. The van der Waals surface area contributed by atoms with Crippen molar-refractivity contribution in [3.63, 3.8) is 0 Å². The number of ether oxygens (including phenoxy) is 1. The molecule has 0 aliphatic carbocycles. The minimum Gasteiger partial charge on any atom is -0.492 e. The van der Waals surface area contributed by atoms with E-state index in [2.05, 4.69) is 40.0 Å². The predicted molar refractivity (Wildman–Crippen MR) is 128 cm³/mol. The molecule has 0 radical (unpaired) electrons. The van der Waals surface area contributed by atoms with E-state index in [0.717, 1.165) is 35.9 Å². The molecule has 0 saturated heterocycles. The molecule has 29 heavy (non-hydrogen) atoms. The lowest BCUT2D eigenvalue weighted by Gasteiger charge is -2.18. The van der Waals surface area contributed by atoms with Crippen LogP contribution in [0.4, 0.5) is 5.69 Å². The Morgan fingerprint density at radius 1 is 1.21 bits per heavy atom. The lowest BCUT2D eigenvalue weighted by atomic mass is 10.0. The zero-order chi connectivity index (χ0) is 19.8. The van der Waals surface area contributed by atoms with Crippen molar-refractivity contribution < 1.29 is 9.53 Å². The molecular formula is C22H29IN4O2. The molecule has 7 heteroatoms. The second-order valence-corrected chi connectivity index (χ2v) is 6.75. The molecule has 3 N–H and O–H groups in total. The number of hydrogen-bond donors (Lipinski definition) is 3. The second kappa shape index (κ2) is 11.6. The molecule has 156 valence electrons. The van der Waals surface area contributed by atoms with Gasteiger partial charge in [-0.2, -0.15) is 0 Å². The van der Waals surface area contributed by atoms with Gasteiger partial charge < -0.3 is 20.7 Å². The van der Waals surface area contributed by atoms with Gasteiger partial charge in [0.05, 0.1) is 12.6 Å². The summed E-state index contributed by atoms with van der Waals surface area (Å²) >= 11 is 0. The summed E-state index contributed by atoms with van der Waals surface area (Å²) in [6.45, 7) is 5.99.